The van der Waals surface area contributed by atoms with Crippen molar-refractivity contribution in [2.45, 2.75) is 19.4 Å². The Bertz CT molecular complexity index is 423. The largest absolute Gasteiger partial charge is 0.356 e. The lowest BCUT2D eigenvalue weighted by Crippen LogP contribution is -2.38. The second-order valence-electron chi connectivity index (χ2n) is 4.66. The number of nitrogens with zero attached hydrogens (tertiary/aromatic N) is 2. The molecule has 0 spiro atoms. The fourth-order valence-electron chi connectivity index (χ4n) is 1.94. The van der Waals surface area contributed by atoms with E-state index in [1.54, 1.807) is 19.2 Å². The molecule has 1 rings (SSSR count). The summed E-state index contributed by atoms with van der Waals surface area (Å²) < 4.78 is 13.2. The maximum absolute atomic E-state index is 13.2. The van der Waals surface area contributed by atoms with E-state index in [9.17, 15) is 4.39 Å². The molecule has 1 aromatic rings. The van der Waals surface area contributed by atoms with Gasteiger partial charge in [-0.15, -0.1) is 0 Å². The van der Waals surface area contributed by atoms with Gasteiger partial charge in [0.25, 0.3) is 0 Å². The lowest BCUT2D eigenvalue weighted by molar-refractivity contribution is 0.473. The van der Waals surface area contributed by atoms with E-state index in [1.165, 1.54) is 18.2 Å². The van der Waals surface area contributed by atoms with Gasteiger partial charge in [-0.2, -0.15) is 11.8 Å². The number of aliphatic imine (C=N–C) groups is 1. The molecule has 5 heteroatoms. The number of halogens is 1. The summed E-state index contributed by atoms with van der Waals surface area (Å²) in [6, 6.07) is 6.67. The van der Waals surface area contributed by atoms with E-state index < -0.39 is 0 Å². The zero-order chi connectivity index (χ0) is 14.8. The lowest BCUT2D eigenvalue weighted by atomic mass is 10.2. The monoisotopic (exact) mass is 297 g/mol. The molecule has 112 valence electrons. The second kappa shape index (κ2) is 9.64. The first kappa shape index (κ1) is 16.8. The Morgan fingerprint density at radius 2 is 2.20 bits per heavy atom. The van der Waals surface area contributed by atoms with Crippen LogP contribution in [-0.2, 0) is 6.54 Å². The summed E-state index contributed by atoms with van der Waals surface area (Å²) in [6.45, 7) is 1.56. The number of rotatable bonds is 7. The van der Waals surface area contributed by atoms with Gasteiger partial charge < -0.3 is 10.2 Å². The van der Waals surface area contributed by atoms with Crippen molar-refractivity contribution in [3.05, 3.63) is 35.6 Å². The van der Waals surface area contributed by atoms with Crippen LogP contribution in [0, 0.1) is 5.82 Å². The number of hydrogen-bond acceptors (Lipinski definition) is 2. The molecular weight excluding hydrogens is 273 g/mol. The predicted octanol–water partition coefficient (Wildman–Crippen LogP) is 2.98. The van der Waals surface area contributed by atoms with Crippen LogP contribution in [0.1, 0.15) is 18.4 Å². The van der Waals surface area contributed by atoms with E-state index in [4.69, 9.17) is 0 Å². The number of nitrogens with one attached hydrogen (secondary N) is 1. The third kappa shape index (κ3) is 6.28. The van der Waals surface area contributed by atoms with Gasteiger partial charge >= 0.3 is 0 Å². The van der Waals surface area contributed by atoms with Crippen LogP contribution in [0.25, 0.3) is 0 Å². The summed E-state index contributed by atoms with van der Waals surface area (Å²) in [7, 11) is 3.73. The molecule has 0 unspecified atom stereocenters. The molecule has 20 heavy (non-hydrogen) atoms. The van der Waals surface area contributed by atoms with Gasteiger partial charge in [-0.3, -0.25) is 4.99 Å². The van der Waals surface area contributed by atoms with Crippen LogP contribution in [0.15, 0.2) is 29.3 Å². The van der Waals surface area contributed by atoms with Gasteiger partial charge in [-0.05, 0) is 42.5 Å². The summed E-state index contributed by atoms with van der Waals surface area (Å²) in [6.07, 6.45) is 4.46. The van der Waals surface area contributed by atoms with Crippen LogP contribution in [0.3, 0.4) is 0 Å². The molecule has 0 saturated heterocycles. The third-order valence-corrected chi connectivity index (χ3v) is 3.64. The number of unbranched alkanes of at least 4 members (excludes halogenated alkanes) is 1. The van der Waals surface area contributed by atoms with Crippen molar-refractivity contribution in [3.63, 3.8) is 0 Å². The molecule has 0 aliphatic rings. The molecule has 0 amide bonds. The lowest BCUT2D eigenvalue weighted by Gasteiger charge is -2.22. The van der Waals surface area contributed by atoms with Crippen molar-refractivity contribution in [1.82, 2.24) is 10.2 Å². The van der Waals surface area contributed by atoms with Crippen molar-refractivity contribution in [3.8, 4) is 0 Å². The molecular formula is C15H24FN3S. The van der Waals surface area contributed by atoms with Crippen molar-refractivity contribution in [1.29, 1.82) is 0 Å². The van der Waals surface area contributed by atoms with Gasteiger partial charge in [-0.1, -0.05) is 12.1 Å². The average molecular weight is 297 g/mol. The molecule has 0 heterocycles. The highest BCUT2D eigenvalue weighted by atomic mass is 32.2. The van der Waals surface area contributed by atoms with Crippen molar-refractivity contribution in [2.24, 2.45) is 4.99 Å². The fourth-order valence-corrected chi connectivity index (χ4v) is 2.43. The van der Waals surface area contributed by atoms with Gasteiger partial charge in [0.1, 0.15) is 5.82 Å². The normalized spacial score (nSPS) is 11.5. The Morgan fingerprint density at radius 3 is 2.85 bits per heavy atom. The highest BCUT2D eigenvalue weighted by Crippen LogP contribution is 2.06. The molecule has 0 saturated carbocycles. The van der Waals surface area contributed by atoms with Crippen LogP contribution in [0.4, 0.5) is 4.39 Å². The molecule has 0 aliphatic carbocycles. The van der Waals surface area contributed by atoms with E-state index in [0.29, 0.717) is 6.54 Å². The first-order valence-electron chi connectivity index (χ1n) is 6.82. The molecule has 0 bridgehead atoms. The molecule has 1 N–H and O–H groups in total. The number of thioether (sulfide) groups is 1. The molecule has 0 aliphatic heterocycles. The van der Waals surface area contributed by atoms with Gasteiger partial charge in [-0.25, -0.2) is 4.39 Å². The van der Waals surface area contributed by atoms with Gasteiger partial charge in [0.2, 0.25) is 0 Å². The Labute approximate surface area is 125 Å². The maximum Gasteiger partial charge on any atom is 0.193 e. The summed E-state index contributed by atoms with van der Waals surface area (Å²) in [5, 5.41) is 3.34. The van der Waals surface area contributed by atoms with Crippen LogP contribution < -0.4 is 5.32 Å². The van der Waals surface area contributed by atoms with Gasteiger partial charge in [0.05, 0.1) is 0 Å². The zero-order valence-electron chi connectivity index (χ0n) is 12.5. The zero-order valence-corrected chi connectivity index (χ0v) is 13.3. The topological polar surface area (TPSA) is 27.6 Å². The number of benzene rings is 1. The summed E-state index contributed by atoms with van der Waals surface area (Å²) >= 11 is 1.87. The van der Waals surface area contributed by atoms with E-state index >= 15 is 0 Å². The summed E-state index contributed by atoms with van der Waals surface area (Å²) in [5.41, 5.74) is 0.942. The Balaban J connectivity index is 2.41. The first-order chi connectivity index (χ1) is 9.67. The van der Waals surface area contributed by atoms with Crippen molar-refractivity contribution >= 4 is 17.7 Å². The van der Waals surface area contributed by atoms with Crippen LogP contribution in [0.2, 0.25) is 0 Å². The van der Waals surface area contributed by atoms with E-state index in [1.807, 2.05) is 29.8 Å². The molecule has 0 atom stereocenters. The molecule has 0 aromatic heterocycles. The first-order valence-corrected chi connectivity index (χ1v) is 8.22. The van der Waals surface area contributed by atoms with Crippen molar-refractivity contribution in [2.75, 3.05) is 32.6 Å². The minimum Gasteiger partial charge on any atom is -0.356 e. The highest BCUT2D eigenvalue weighted by Gasteiger charge is 2.06. The van der Waals surface area contributed by atoms with Crippen LogP contribution >= 0.6 is 11.8 Å². The molecule has 1 aromatic carbocycles. The number of guanidine groups is 1. The van der Waals surface area contributed by atoms with Crippen molar-refractivity contribution < 1.29 is 4.39 Å². The minimum absolute atomic E-state index is 0.198. The van der Waals surface area contributed by atoms with E-state index in [-0.39, 0.29) is 5.82 Å². The third-order valence-electron chi connectivity index (χ3n) is 2.94. The standard InChI is InChI=1S/C15H24FN3S/c1-17-15(18-9-4-5-10-20-3)19(2)12-13-7-6-8-14(16)11-13/h6-8,11H,4-5,9-10,12H2,1-3H3,(H,17,18). The Morgan fingerprint density at radius 1 is 1.40 bits per heavy atom. The second-order valence-corrected chi connectivity index (χ2v) is 5.65. The molecule has 0 fully saturated rings. The fraction of sp³-hybridized carbons (Fsp3) is 0.533. The average Bonchev–Trinajstić information content (AvgIpc) is 2.42. The Kier molecular flexibility index (Phi) is 8.11. The summed E-state index contributed by atoms with van der Waals surface area (Å²) in [5.74, 6) is 1.84. The molecule has 3 nitrogen and oxygen atoms in total. The van der Waals surface area contributed by atoms with Gasteiger partial charge in [0, 0.05) is 27.2 Å². The van der Waals surface area contributed by atoms with Gasteiger partial charge in [0.15, 0.2) is 5.96 Å². The maximum atomic E-state index is 13.2. The SMILES string of the molecule is CN=C(NCCCCSC)N(C)Cc1cccc(F)c1. The minimum atomic E-state index is -0.198. The summed E-state index contributed by atoms with van der Waals surface area (Å²) in [4.78, 5) is 6.26. The van der Waals surface area contributed by atoms with E-state index in [0.717, 1.165) is 24.5 Å². The quantitative estimate of drug-likeness (QED) is 0.476. The molecule has 0 radical (unpaired) electrons. The van der Waals surface area contributed by atoms with Crippen LogP contribution in [0.5, 0.6) is 0 Å². The smallest absolute Gasteiger partial charge is 0.193 e. The number of hydrogen-bond donors (Lipinski definition) is 1. The van der Waals surface area contributed by atoms with Crippen LogP contribution in [-0.4, -0.2) is 43.5 Å². The Hall–Kier alpha value is -1.23. The predicted molar refractivity (Wildman–Crippen MR) is 86.8 cm³/mol. The van der Waals surface area contributed by atoms with E-state index in [2.05, 4.69) is 16.6 Å². The highest BCUT2D eigenvalue weighted by molar-refractivity contribution is 7.98.